The number of likely N-dealkylation sites (tertiary alicyclic amines) is 1. The Kier molecular flexibility index (Phi) is 9.22. The van der Waals surface area contributed by atoms with E-state index in [1.165, 1.54) is 0 Å². The highest BCUT2D eigenvalue weighted by atomic mass is 28.4. The van der Waals surface area contributed by atoms with Crippen molar-refractivity contribution >= 4 is 37.6 Å². The first-order valence-corrected chi connectivity index (χ1v) is 19.4. The Hall–Kier alpha value is -4.28. The number of rotatable bonds is 7. The highest BCUT2D eigenvalue weighted by Crippen LogP contribution is 2.47. The minimum atomic E-state index is -2.15. The Balaban J connectivity index is 1.54. The molecule has 1 fully saturated rings. The van der Waals surface area contributed by atoms with Crippen molar-refractivity contribution in [2.75, 3.05) is 36.5 Å². The molecule has 1 saturated heterocycles. The number of carbonyl (C=O) groups is 2. The Morgan fingerprint density at radius 1 is 1.12 bits per heavy atom. The van der Waals surface area contributed by atoms with E-state index in [-0.39, 0.29) is 16.9 Å². The Morgan fingerprint density at radius 3 is 2.44 bits per heavy atom. The first-order valence-electron chi connectivity index (χ1n) is 16.5. The van der Waals surface area contributed by atoms with Crippen LogP contribution in [0.25, 0.3) is 11.3 Å². The number of fused-ring (bicyclic) bond motifs is 1. The quantitative estimate of drug-likeness (QED) is 0.270. The summed E-state index contributed by atoms with van der Waals surface area (Å²) >= 11 is 0. The minimum absolute atomic E-state index is 0.00705. The summed E-state index contributed by atoms with van der Waals surface area (Å²) in [5.41, 5.74) is 2.58. The molecule has 0 aliphatic carbocycles. The van der Waals surface area contributed by atoms with E-state index in [4.69, 9.17) is 14.1 Å². The van der Waals surface area contributed by atoms with Crippen molar-refractivity contribution in [1.82, 2.24) is 24.6 Å². The van der Waals surface area contributed by atoms with Crippen molar-refractivity contribution in [2.45, 2.75) is 90.5 Å². The number of anilines is 3. The van der Waals surface area contributed by atoms with E-state index in [9.17, 15) is 14.9 Å². The number of benzene rings is 1. The number of nitriles is 1. The van der Waals surface area contributed by atoms with E-state index in [0.29, 0.717) is 47.0 Å². The van der Waals surface area contributed by atoms with Gasteiger partial charge in [0.15, 0.2) is 8.32 Å². The molecule has 0 bridgehead atoms. The number of aromatic nitrogens is 4. The van der Waals surface area contributed by atoms with Crippen molar-refractivity contribution in [2.24, 2.45) is 7.05 Å². The molecule has 48 heavy (non-hydrogen) atoms. The second kappa shape index (κ2) is 12.6. The highest BCUT2D eigenvalue weighted by Gasteiger charge is 2.47. The van der Waals surface area contributed by atoms with Gasteiger partial charge in [0.2, 0.25) is 5.95 Å². The van der Waals surface area contributed by atoms with Crippen LogP contribution in [0.3, 0.4) is 0 Å². The fraction of sp³-hybridized carbons (Fsp3) is 0.543. The van der Waals surface area contributed by atoms with Crippen LogP contribution < -0.4 is 10.2 Å². The summed E-state index contributed by atoms with van der Waals surface area (Å²) < 4.78 is 14.1. The van der Waals surface area contributed by atoms with Gasteiger partial charge in [0.25, 0.3) is 5.91 Å². The van der Waals surface area contributed by atoms with Crippen molar-refractivity contribution in [1.29, 1.82) is 5.26 Å². The molecule has 4 heterocycles. The lowest BCUT2D eigenvalue weighted by Gasteiger charge is -2.39. The predicted octanol–water partition coefficient (Wildman–Crippen LogP) is 6.76. The van der Waals surface area contributed by atoms with Gasteiger partial charge in [0.1, 0.15) is 17.4 Å². The summed E-state index contributed by atoms with van der Waals surface area (Å²) in [5, 5.41) is 17.9. The van der Waals surface area contributed by atoms with Gasteiger partial charge in [-0.25, -0.2) is 14.8 Å². The zero-order chi connectivity index (χ0) is 35.2. The summed E-state index contributed by atoms with van der Waals surface area (Å²) in [6.07, 6.45) is 4.70. The molecule has 2 aliphatic heterocycles. The number of carbonyl (C=O) groups excluding carboxylic acids is 2. The standard InChI is InChI=1S/C35H48N8O4Si/c1-33(2,3)47-32(45)43-21-35(7,22-46-48(9,10)34(4,5)6)25-18-23(17-24(19-36)28(25)43)26-13-14-37-31(39-26)40-27-20-38-41(8)29(27)30(44)42-15-11-12-16-42/h13-14,17-18,20H,11-12,15-16,21-22H2,1-10H3,(H,37,39,40)/t35-/m1/s1. The van der Waals surface area contributed by atoms with Crippen LogP contribution in [-0.4, -0.2) is 76.8 Å². The molecule has 1 aromatic carbocycles. The van der Waals surface area contributed by atoms with E-state index < -0.39 is 25.4 Å². The predicted molar refractivity (Wildman–Crippen MR) is 188 cm³/mol. The SMILES string of the molecule is Cn1ncc(Nc2nccc(-c3cc(C#N)c4c(c3)[C@@](C)(CO[Si](C)(C)C(C)(C)C)CN4C(=O)OC(C)(C)C)n2)c1C(=O)N1CCCC1. The molecule has 3 aromatic rings. The Morgan fingerprint density at radius 2 is 1.81 bits per heavy atom. The molecule has 12 nitrogen and oxygen atoms in total. The zero-order valence-electron chi connectivity index (χ0n) is 29.9. The number of aryl methyl sites for hydroxylation is 1. The summed E-state index contributed by atoms with van der Waals surface area (Å²) in [6, 6.07) is 7.84. The van der Waals surface area contributed by atoms with Gasteiger partial charge in [-0.05, 0) is 75.5 Å². The lowest BCUT2D eigenvalue weighted by molar-refractivity contribution is 0.0574. The molecule has 1 N–H and O–H groups in total. The number of ether oxygens (including phenoxy) is 1. The van der Waals surface area contributed by atoms with E-state index in [2.05, 4.69) is 62.3 Å². The monoisotopic (exact) mass is 672 g/mol. The molecule has 13 heteroatoms. The molecule has 0 spiro atoms. The van der Waals surface area contributed by atoms with Gasteiger partial charge in [-0.1, -0.05) is 27.7 Å². The largest absolute Gasteiger partial charge is 0.443 e. The molecular weight excluding hydrogens is 625 g/mol. The second-order valence-corrected chi connectivity index (χ2v) is 20.4. The molecule has 0 unspecified atom stereocenters. The van der Waals surface area contributed by atoms with Crippen LogP contribution in [0.1, 0.15) is 82.9 Å². The Bertz CT molecular complexity index is 1760. The highest BCUT2D eigenvalue weighted by molar-refractivity contribution is 6.74. The first kappa shape index (κ1) is 35.0. The van der Waals surface area contributed by atoms with Crippen LogP contribution in [0.4, 0.5) is 22.1 Å². The fourth-order valence-corrected chi connectivity index (χ4v) is 6.95. The van der Waals surface area contributed by atoms with Crippen molar-refractivity contribution in [3.8, 4) is 17.3 Å². The average Bonchev–Trinajstić information content (AvgIpc) is 3.73. The fourth-order valence-electron chi connectivity index (χ4n) is 5.84. The maximum absolute atomic E-state index is 13.6. The van der Waals surface area contributed by atoms with Crippen LogP contribution in [-0.2, 0) is 21.6 Å². The molecule has 5 rings (SSSR count). The molecule has 2 amide bonds. The number of hydrogen-bond donors (Lipinski definition) is 1. The van der Waals surface area contributed by atoms with Gasteiger partial charge in [-0.3, -0.25) is 14.4 Å². The summed E-state index contributed by atoms with van der Waals surface area (Å²) in [6.45, 7) is 20.7. The topological polar surface area (TPSA) is 138 Å². The van der Waals surface area contributed by atoms with E-state index in [1.807, 2.05) is 31.7 Å². The number of hydrogen-bond acceptors (Lipinski definition) is 9. The van der Waals surface area contributed by atoms with Gasteiger partial charge in [0.05, 0.1) is 28.8 Å². The molecule has 0 saturated carbocycles. The van der Waals surface area contributed by atoms with Gasteiger partial charge < -0.3 is 19.4 Å². The van der Waals surface area contributed by atoms with Gasteiger partial charge >= 0.3 is 6.09 Å². The van der Waals surface area contributed by atoms with Crippen molar-refractivity contribution < 1.29 is 18.8 Å². The van der Waals surface area contributed by atoms with Crippen LogP contribution >= 0.6 is 0 Å². The van der Waals surface area contributed by atoms with Crippen LogP contribution in [0, 0.1) is 11.3 Å². The lowest BCUT2D eigenvalue weighted by Crippen LogP contribution is -2.46. The Labute approximate surface area is 284 Å². The van der Waals surface area contributed by atoms with Crippen LogP contribution in [0.5, 0.6) is 0 Å². The van der Waals surface area contributed by atoms with Crippen molar-refractivity contribution in [3.63, 3.8) is 0 Å². The third kappa shape index (κ3) is 6.96. The normalized spacial score (nSPS) is 18.1. The third-order valence-electron chi connectivity index (χ3n) is 9.56. The number of amides is 2. The maximum Gasteiger partial charge on any atom is 0.414 e. The molecule has 2 aliphatic rings. The van der Waals surface area contributed by atoms with E-state index in [0.717, 1.165) is 31.5 Å². The molecular formula is C35H48N8O4Si. The first-order chi connectivity index (χ1) is 22.3. The minimum Gasteiger partial charge on any atom is -0.443 e. The summed E-state index contributed by atoms with van der Waals surface area (Å²) in [7, 11) is -0.412. The maximum atomic E-state index is 13.6. The lowest BCUT2D eigenvalue weighted by atomic mass is 9.83. The molecule has 2 aromatic heterocycles. The summed E-state index contributed by atoms with van der Waals surface area (Å²) in [5.74, 6) is 0.201. The second-order valence-electron chi connectivity index (χ2n) is 15.6. The third-order valence-corrected chi connectivity index (χ3v) is 14.0. The zero-order valence-corrected chi connectivity index (χ0v) is 30.9. The molecule has 1 atom stereocenters. The van der Waals surface area contributed by atoms with Crippen molar-refractivity contribution in [3.05, 3.63) is 47.4 Å². The van der Waals surface area contributed by atoms with E-state index in [1.54, 1.807) is 41.2 Å². The molecule has 256 valence electrons. The van der Waals surface area contributed by atoms with Gasteiger partial charge in [-0.15, -0.1) is 0 Å². The van der Waals surface area contributed by atoms with E-state index >= 15 is 0 Å². The number of nitrogens with one attached hydrogen (secondary N) is 1. The number of nitrogens with zero attached hydrogens (tertiary/aromatic N) is 7. The molecule has 0 radical (unpaired) electrons. The van der Waals surface area contributed by atoms with Crippen LogP contribution in [0.2, 0.25) is 18.1 Å². The van der Waals surface area contributed by atoms with Crippen LogP contribution in [0.15, 0.2) is 30.6 Å². The smallest absolute Gasteiger partial charge is 0.414 e. The van der Waals surface area contributed by atoms with Gasteiger partial charge in [-0.2, -0.15) is 10.4 Å². The van der Waals surface area contributed by atoms with Gasteiger partial charge in [0, 0.05) is 50.5 Å². The average molecular weight is 673 g/mol. The summed E-state index contributed by atoms with van der Waals surface area (Å²) in [4.78, 5) is 39.5.